The van der Waals surface area contributed by atoms with Crippen LogP contribution in [0.25, 0.3) is 0 Å². The molecule has 0 spiro atoms. The highest BCUT2D eigenvalue weighted by Gasteiger charge is 2.22. The topological polar surface area (TPSA) is 99.3 Å². The lowest BCUT2D eigenvalue weighted by molar-refractivity contribution is -0.384. The van der Waals surface area contributed by atoms with E-state index in [0.717, 1.165) is 5.56 Å². The van der Waals surface area contributed by atoms with Gasteiger partial charge in [-0.25, -0.2) is 0 Å². The van der Waals surface area contributed by atoms with Gasteiger partial charge in [-0.05, 0) is 51.5 Å². The zero-order valence-electron chi connectivity index (χ0n) is 17.3. The molecule has 10 heteroatoms. The lowest BCUT2D eigenvalue weighted by atomic mass is 10.2. The fraction of sp³-hybridized carbons (Fsp3) is 0.238. The first-order chi connectivity index (χ1) is 14.6. The van der Waals surface area contributed by atoms with Crippen molar-refractivity contribution < 1.29 is 14.5 Å². The van der Waals surface area contributed by atoms with Crippen molar-refractivity contribution in [2.45, 2.75) is 33.7 Å². The number of aromatic nitrogens is 2. The molecule has 3 rings (SSSR count). The molecule has 0 radical (unpaired) electrons. The number of rotatable bonds is 6. The van der Waals surface area contributed by atoms with E-state index in [2.05, 4.69) is 10.4 Å². The Morgan fingerprint density at radius 1 is 1.16 bits per heavy atom. The summed E-state index contributed by atoms with van der Waals surface area (Å²) in [4.78, 5) is 23.6. The number of nitro groups is 1. The van der Waals surface area contributed by atoms with E-state index in [-0.39, 0.29) is 17.1 Å². The number of nitrogens with one attached hydrogen (secondary N) is 1. The summed E-state index contributed by atoms with van der Waals surface area (Å²) < 4.78 is 7.27. The summed E-state index contributed by atoms with van der Waals surface area (Å²) in [6.45, 7) is 7.00. The molecule has 3 aromatic rings. The van der Waals surface area contributed by atoms with E-state index in [0.29, 0.717) is 27.2 Å². The number of anilines is 1. The number of amides is 1. The quantitative estimate of drug-likeness (QED) is 0.356. The van der Waals surface area contributed by atoms with Crippen LogP contribution in [-0.4, -0.2) is 20.6 Å². The molecule has 0 bridgehead atoms. The van der Waals surface area contributed by atoms with E-state index >= 15 is 0 Å². The third-order valence-electron chi connectivity index (χ3n) is 4.72. The standard InChI is InChI=1S/C21H20Cl2N4O4/c1-11-7-17(5-6-19(11)22)31-18-9-15(8-16(10-18)27(29)30)24-21(28)14(4)26-13(3)20(23)12(2)25-26/h5-10,14H,1-4H3,(H,24,28). The van der Waals surface area contributed by atoms with Gasteiger partial charge in [0.15, 0.2) is 0 Å². The van der Waals surface area contributed by atoms with Gasteiger partial charge >= 0.3 is 0 Å². The number of halogens is 2. The van der Waals surface area contributed by atoms with Gasteiger partial charge in [0.05, 0.1) is 33.1 Å². The van der Waals surface area contributed by atoms with Gasteiger partial charge in [-0.1, -0.05) is 23.2 Å². The van der Waals surface area contributed by atoms with Crippen LogP contribution in [0, 0.1) is 30.9 Å². The number of hydrogen-bond acceptors (Lipinski definition) is 5. The number of nitrogens with zero attached hydrogens (tertiary/aromatic N) is 3. The van der Waals surface area contributed by atoms with E-state index < -0.39 is 16.9 Å². The van der Waals surface area contributed by atoms with Crippen LogP contribution in [0.4, 0.5) is 11.4 Å². The van der Waals surface area contributed by atoms with Crippen LogP contribution in [-0.2, 0) is 4.79 Å². The molecule has 1 N–H and O–H groups in total. The van der Waals surface area contributed by atoms with Crippen molar-refractivity contribution in [1.29, 1.82) is 0 Å². The SMILES string of the molecule is Cc1cc(Oc2cc(NC(=O)C(C)n3nc(C)c(Cl)c3C)cc([N+](=O)[O-])c2)ccc1Cl. The van der Waals surface area contributed by atoms with Crippen LogP contribution in [0.2, 0.25) is 10.0 Å². The monoisotopic (exact) mass is 462 g/mol. The maximum absolute atomic E-state index is 12.8. The van der Waals surface area contributed by atoms with Crippen molar-refractivity contribution in [3.63, 3.8) is 0 Å². The minimum atomic E-state index is -0.686. The average molecular weight is 463 g/mol. The molecular weight excluding hydrogens is 443 g/mol. The number of hydrogen-bond donors (Lipinski definition) is 1. The van der Waals surface area contributed by atoms with E-state index in [1.807, 2.05) is 6.92 Å². The Kier molecular flexibility index (Phi) is 6.52. The maximum atomic E-state index is 12.8. The summed E-state index contributed by atoms with van der Waals surface area (Å²) in [6.07, 6.45) is 0. The van der Waals surface area contributed by atoms with Gasteiger partial charge in [-0.15, -0.1) is 0 Å². The highest BCUT2D eigenvalue weighted by atomic mass is 35.5. The molecule has 162 valence electrons. The fourth-order valence-corrected chi connectivity index (χ4v) is 3.26. The molecular formula is C21H20Cl2N4O4. The highest BCUT2D eigenvalue weighted by Crippen LogP contribution is 2.32. The number of aryl methyl sites for hydroxylation is 2. The minimum absolute atomic E-state index is 0.202. The smallest absolute Gasteiger partial charge is 0.275 e. The molecule has 8 nitrogen and oxygen atoms in total. The van der Waals surface area contributed by atoms with Crippen LogP contribution in [0.5, 0.6) is 11.5 Å². The van der Waals surface area contributed by atoms with Crippen molar-refractivity contribution in [1.82, 2.24) is 9.78 Å². The summed E-state index contributed by atoms with van der Waals surface area (Å²) >= 11 is 12.2. The van der Waals surface area contributed by atoms with Crippen LogP contribution in [0.3, 0.4) is 0 Å². The lowest BCUT2D eigenvalue weighted by Gasteiger charge is -2.15. The number of carbonyl (C=O) groups excluding carboxylic acids is 1. The summed E-state index contributed by atoms with van der Waals surface area (Å²) in [7, 11) is 0. The van der Waals surface area contributed by atoms with E-state index in [9.17, 15) is 14.9 Å². The van der Waals surface area contributed by atoms with E-state index in [1.165, 1.54) is 22.9 Å². The second kappa shape index (κ2) is 8.95. The maximum Gasteiger partial charge on any atom is 0.275 e. The van der Waals surface area contributed by atoms with Gasteiger partial charge in [0.25, 0.3) is 5.69 Å². The van der Waals surface area contributed by atoms with E-state index in [1.54, 1.807) is 39.0 Å². The molecule has 2 aromatic carbocycles. The Balaban J connectivity index is 1.87. The molecule has 1 aromatic heterocycles. The zero-order chi connectivity index (χ0) is 22.9. The summed E-state index contributed by atoms with van der Waals surface area (Å²) in [5.41, 5.74) is 2.07. The third-order valence-corrected chi connectivity index (χ3v) is 5.69. The number of benzene rings is 2. The molecule has 31 heavy (non-hydrogen) atoms. The highest BCUT2D eigenvalue weighted by molar-refractivity contribution is 6.32. The molecule has 1 atom stereocenters. The lowest BCUT2D eigenvalue weighted by Crippen LogP contribution is -2.25. The summed E-state index contributed by atoms with van der Waals surface area (Å²) in [6, 6.07) is 8.41. The Hall–Kier alpha value is -3.10. The number of non-ortho nitro benzene ring substituents is 1. The van der Waals surface area contributed by atoms with Gasteiger partial charge < -0.3 is 10.1 Å². The molecule has 1 amide bonds. The molecule has 0 aliphatic heterocycles. The predicted octanol–water partition coefficient (Wildman–Crippen LogP) is 6.02. The second-order valence-electron chi connectivity index (χ2n) is 7.08. The molecule has 0 aliphatic carbocycles. The number of carbonyl (C=O) groups is 1. The first-order valence-corrected chi connectivity index (χ1v) is 10.1. The van der Waals surface area contributed by atoms with Gasteiger partial charge in [0.2, 0.25) is 5.91 Å². The molecule has 0 aliphatic rings. The molecule has 1 heterocycles. The van der Waals surface area contributed by atoms with Crippen molar-refractivity contribution in [3.8, 4) is 11.5 Å². The fourth-order valence-electron chi connectivity index (χ4n) is 3.01. The first kappa shape index (κ1) is 22.6. The van der Waals surface area contributed by atoms with Crippen LogP contribution in [0.1, 0.15) is 29.9 Å². The van der Waals surface area contributed by atoms with Crippen LogP contribution >= 0.6 is 23.2 Å². The normalized spacial score (nSPS) is 11.8. The second-order valence-corrected chi connectivity index (χ2v) is 7.87. The minimum Gasteiger partial charge on any atom is -0.457 e. The van der Waals surface area contributed by atoms with Crippen molar-refractivity contribution in [2.75, 3.05) is 5.32 Å². The molecule has 0 fully saturated rings. The average Bonchev–Trinajstić information content (AvgIpc) is 2.97. The first-order valence-electron chi connectivity index (χ1n) is 9.32. The van der Waals surface area contributed by atoms with Crippen molar-refractivity contribution >= 4 is 40.5 Å². The number of nitro benzene ring substituents is 1. The molecule has 0 saturated heterocycles. The van der Waals surface area contributed by atoms with Crippen molar-refractivity contribution in [2.24, 2.45) is 0 Å². The Bertz CT molecular complexity index is 1180. The summed E-state index contributed by atoms with van der Waals surface area (Å²) in [5.74, 6) is 0.259. The predicted molar refractivity (Wildman–Crippen MR) is 119 cm³/mol. The number of ether oxygens (including phenoxy) is 1. The van der Waals surface area contributed by atoms with Gasteiger partial charge in [-0.2, -0.15) is 5.10 Å². The Labute approximate surface area is 188 Å². The van der Waals surface area contributed by atoms with Crippen LogP contribution in [0.15, 0.2) is 36.4 Å². The molecule has 1 unspecified atom stereocenters. The Morgan fingerprint density at radius 3 is 2.45 bits per heavy atom. The molecule has 0 saturated carbocycles. The van der Waals surface area contributed by atoms with Gasteiger partial charge in [0.1, 0.15) is 17.5 Å². The zero-order valence-corrected chi connectivity index (χ0v) is 18.8. The van der Waals surface area contributed by atoms with Gasteiger partial charge in [0, 0.05) is 17.2 Å². The van der Waals surface area contributed by atoms with Gasteiger partial charge in [-0.3, -0.25) is 19.6 Å². The van der Waals surface area contributed by atoms with Crippen LogP contribution < -0.4 is 10.1 Å². The van der Waals surface area contributed by atoms with Crippen molar-refractivity contribution in [3.05, 3.63) is 73.5 Å². The summed E-state index contributed by atoms with van der Waals surface area (Å²) in [5, 5.41) is 19.4. The largest absolute Gasteiger partial charge is 0.457 e. The Morgan fingerprint density at radius 2 is 1.87 bits per heavy atom. The third kappa shape index (κ3) is 4.98. The van der Waals surface area contributed by atoms with E-state index in [4.69, 9.17) is 27.9 Å².